The van der Waals surface area contributed by atoms with E-state index in [0.717, 1.165) is 61.7 Å². The van der Waals surface area contributed by atoms with Crippen LogP contribution in [-0.2, 0) is 11.3 Å². The summed E-state index contributed by atoms with van der Waals surface area (Å²) in [5, 5.41) is 4.58. The lowest BCUT2D eigenvalue weighted by atomic mass is 10.1. The minimum Gasteiger partial charge on any atom is -0.378 e. The Balaban J connectivity index is 0.00000208. The van der Waals surface area contributed by atoms with Crippen molar-refractivity contribution in [2.45, 2.75) is 52.2 Å². The lowest BCUT2D eigenvalue weighted by Gasteiger charge is -2.34. The van der Waals surface area contributed by atoms with Crippen molar-refractivity contribution in [3.63, 3.8) is 0 Å². The number of piperidine rings is 1. The number of nitrogens with one attached hydrogen (secondary N) is 1. The summed E-state index contributed by atoms with van der Waals surface area (Å²) in [6, 6.07) is 0. The van der Waals surface area contributed by atoms with Gasteiger partial charge < -0.3 is 15.0 Å². The quantitative estimate of drug-likeness (QED) is 0.413. The molecule has 1 aromatic heterocycles. The second-order valence-electron chi connectivity index (χ2n) is 6.61. The van der Waals surface area contributed by atoms with E-state index in [2.05, 4.69) is 34.0 Å². The molecule has 1 saturated heterocycles. The largest absolute Gasteiger partial charge is 0.378 e. The summed E-state index contributed by atoms with van der Waals surface area (Å²) in [4.78, 5) is 12.6. The maximum atomic E-state index is 6.02. The highest BCUT2D eigenvalue weighted by Gasteiger charge is 2.26. The fourth-order valence-corrected chi connectivity index (χ4v) is 3.77. The first-order valence-electron chi connectivity index (χ1n) is 8.66. The van der Waals surface area contributed by atoms with Gasteiger partial charge in [-0.15, -0.1) is 35.3 Å². The van der Waals surface area contributed by atoms with Gasteiger partial charge in [0.2, 0.25) is 0 Å². The molecule has 2 aliphatic rings. The molecule has 1 saturated carbocycles. The van der Waals surface area contributed by atoms with E-state index in [-0.39, 0.29) is 24.0 Å². The first-order chi connectivity index (χ1) is 11.2. The molecule has 2 heterocycles. The number of hydrogen-bond acceptors (Lipinski definition) is 4. The van der Waals surface area contributed by atoms with Gasteiger partial charge >= 0.3 is 0 Å². The molecule has 3 rings (SSSR count). The van der Waals surface area contributed by atoms with Crippen molar-refractivity contribution in [3.8, 4) is 0 Å². The summed E-state index contributed by atoms with van der Waals surface area (Å²) in [6.07, 6.45) is 5.37. The van der Waals surface area contributed by atoms with Crippen LogP contribution in [0, 0.1) is 19.8 Å². The molecule has 2 fully saturated rings. The molecule has 1 aliphatic heterocycles. The first-order valence-corrected chi connectivity index (χ1v) is 9.47. The minimum absolute atomic E-state index is 0. The number of guanidine groups is 1. The molecule has 0 spiro atoms. The lowest BCUT2D eigenvalue weighted by Crippen LogP contribution is -2.46. The van der Waals surface area contributed by atoms with Crippen molar-refractivity contribution in [1.82, 2.24) is 15.2 Å². The second kappa shape index (κ2) is 9.33. The molecule has 1 N–H and O–H groups in total. The molecule has 0 radical (unpaired) electrons. The third-order valence-corrected chi connectivity index (χ3v) is 5.76. The maximum absolute atomic E-state index is 6.02. The molecule has 0 unspecified atom stereocenters. The fourth-order valence-electron chi connectivity index (χ4n) is 2.89. The van der Waals surface area contributed by atoms with Gasteiger partial charge in [-0.2, -0.15) is 0 Å². The molecule has 0 amide bonds. The van der Waals surface area contributed by atoms with Crippen molar-refractivity contribution in [3.05, 3.63) is 15.6 Å². The normalized spacial score (nSPS) is 19.3. The second-order valence-corrected chi connectivity index (χ2v) is 7.90. The van der Waals surface area contributed by atoms with Crippen LogP contribution in [-0.4, -0.2) is 48.7 Å². The van der Waals surface area contributed by atoms with Crippen LogP contribution in [0.4, 0.5) is 0 Å². The maximum Gasteiger partial charge on any atom is 0.193 e. The molecule has 24 heavy (non-hydrogen) atoms. The van der Waals surface area contributed by atoms with E-state index in [9.17, 15) is 0 Å². The summed E-state index contributed by atoms with van der Waals surface area (Å²) in [7, 11) is 1.86. The summed E-state index contributed by atoms with van der Waals surface area (Å²) in [5.41, 5.74) is 1.13. The minimum atomic E-state index is 0. The Morgan fingerprint density at radius 1 is 1.29 bits per heavy atom. The Morgan fingerprint density at radius 2 is 2.00 bits per heavy atom. The van der Waals surface area contributed by atoms with Crippen molar-refractivity contribution in [1.29, 1.82) is 0 Å². The molecule has 7 heteroatoms. The van der Waals surface area contributed by atoms with E-state index < -0.39 is 0 Å². The monoisotopic (exact) mass is 464 g/mol. The molecule has 0 aromatic carbocycles. The Kier molecular flexibility index (Phi) is 7.74. The number of hydrogen-bond donors (Lipinski definition) is 1. The summed E-state index contributed by atoms with van der Waals surface area (Å²) >= 11 is 1.76. The van der Waals surface area contributed by atoms with Gasteiger partial charge in [0.25, 0.3) is 0 Å². The molecule has 1 aliphatic carbocycles. The van der Waals surface area contributed by atoms with Crippen LogP contribution < -0.4 is 5.32 Å². The zero-order chi connectivity index (χ0) is 16.2. The van der Waals surface area contributed by atoms with E-state index >= 15 is 0 Å². The highest BCUT2D eigenvalue weighted by molar-refractivity contribution is 14.0. The number of ether oxygens (including phenoxy) is 1. The molecule has 1 aromatic rings. The van der Waals surface area contributed by atoms with Gasteiger partial charge in [0.1, 0.15) is 5.01 Å². The first kappa shape index (κ1) is 19.9. The van der Waals surface area contributed by atoms with Gasteiger partial charge in [0.15, 0.2) is 5.96 Å². The smallest absolute Gasteiger partial charge is 0.193 e. The summed E-state index contributed by atoms with van der Waals surface area (Å²) in [6.45, 7) is 7.95. The Bertz CT molecular complexity index is 531. The van der Waals surface area contributed by atoms with Gasteiger partial charge in [-0.1, -0.05) is 0 Å². The molecular weight excluding hydrogens is 435 g/mol. The van der Waals surface area contributed by atoms with Crippen molar-refractivity contribution < 1.29 is 4.74 Å². The van der Waals surface area contributed by atoms with Crippen LogP contribution in [0.25, 0.3) is 0 Å². The van der Waals surface area contributed by atoms with Gasteiger partial charge in [0.05, 0.1) is 18.3 Å². The fraction of sp³-hybridized carbons (Fsp3) is 0.765. The van der Waals surface area contributed by atoms with E-state index in [4.69, 9.17) is 4.74 Å². The zero-order valence-corrected chi connectivity index (χ0v) is 18.0. The number of halogens is 1. The predicted octanol–water partition coefficient (Wildman–Crippen LogP) is 3.34. The van der Waals surface area contributed by atoms with Crippen LogP contribution >= 0.6 is 35.3 Å². The SMILES string of the molecule is CN=C(NCc1nc(C)c(C)s1)N1CCC(OCC2CC2)CC1.I. The van der Waals surface area contributed by atoms with E-state index in [0.29, 0.717) is 6.10 Å². The summed E-state index contributed by atoms with van der Waals surface area (Å²) < 4.78 is 6.02. The van der Waals surface area contributed by atoms with Gasteiger partial charge in [-0.25, -0.2) is 4.98 Å². The third kappa shape index (κ3) is 5.56. The molecule has 5 nitrogen and oxygen atoms in total. The Hall–Kier alpha value is -0.410. The Labute approximate surface area is 166 Å². The number of likely N-dealkylation sites (tertiary alicyclic amines) is 1. The van der Waals surface area contributed by atoms with Crippen LogP contribution in [0.1, 0.15) is 41.3 Å². The molecule has 0 bridgehead atoms. The van der Waals surface area contributed by atoms with Gasteiger partial charge in [0, 0.05) is 31.6 Å². The van der Waals surface area contributed by atoms with Crippen molar-refractivity contribution in [2.75, 3.05) is 26.7 Å². The predicted molar refractivity (Wildman–Crippen MR) is 110 cm³/mol. The third-order valence-electron chi connectivity index (χ3n) is 4.69. The number of rotatable bonds is 5. The van der Waals surface area contributed by atoms with Crippen LogP contribution in [0.3, 0.4) is 0 Å². The zero-order valence-electron chi connectivity index (χ0n) is 14.9. The van der Waals surface area contributed by atoms with Crippen molar-refractivity contribution >= 4 is 41.3 Å². The molecule has 136 valence electrons. The van der Waals surface area contributed by atoms with E-state index in [1.54, 1.807) is 11.3 Å². The number of aryl methyl sites for hydroxylation is 2. The Morgan fingerprint density at radius 3 is 2.54 bits per heavy atom. The average molecular weight is 464 g/mol. The number of nitrogens with zero attached hydrogens (tertiary/aromatic N) is 3. The number of aliphatic imine (C=N–C) groups is 1. The highest BCUT2D eigenvalue weighted by Crippen LogP contribution is 2.30. The van der Waals surface area contributed by atoms with E-state index in [1.807, 2.05) is 7.05 Å². The van der Waals surface area contributed by atoms with Crippen LogP contribution in [0.15, 0.2) is 4.99 Å². The lowest BCUT2D eigenvalue weighted by molar-refractivity contribution is 0.0131. The topological polar surface area (TPSA) is 49.8 Å². The van der Waals surface area contributed by atoms with Gasteiger partial charge in [-0.05, 0) is 45.4 Å². The molecule has 0 atom stereocenters. The van der Waals surface area contributed by atoms with E-state index in [1.165, 1.54) is 17.7 Å². The van der Waals surface area contributed by atoms with Crippen LogP contribution in [0.5, 0.6) is 0 Å². The highest BCUT2D eigenvalue weighted by atomic mass is 127. The standard InChI is InChI=1S/C17H28N4OS.HI/c1-12-13(2)23-16(20-12)10-19-17(18-3)21-8-6-15(7-9-21)22-11-14-4-5-14;/h14-15H,4-11H2,1-3H3,(H,18,19);1H. The van der Waals surface area contributed by atoms with Crippen LogP contribution in [0.2, 0.25) is 0 Å². The average Bonchev–Trinajstić information content (AvgIpc) is 3.33. The molecular formula is C17H29IN4OS. The van der Waals surface area contributed by atoms with Crippen molar-refractivity contribution in [2.24, 2.45) is 10.9 Å². The number of thiazole rings is 1. The summed E-state index contributed by atoms with van der Waals surface area (Å²) in [5.74, 6) is 1.84. The number of aromatic nitrogens is 1. The van der Waals surface area contributed by atoms with Gasteiger partial charge in [-0.3, -0.25) is 4.99 Å².